The SMILES string of the molecule is Cc1ccc(/C=N/NC(=O)CNC(=O)c2sc3ccccc3c2Cl)cc1. The van der Waals surface area contributed by atoms with Crippen LogP contribution in [0, 0.1) is 6.92 Å². The van der Waals surface area contributed by atoms with Gasteiger partial charge in [0.1, 0.15) is 4.88 Å². The van der Waals surface area contributed by atoms with E-state index in [4.69, 9.17) is 11.6 Å². The standard InChI is InChI=1S/C19H16ClN3O2S/c1-12-6-8-13(9-7-12)10-22-23-16(24)11-21-19(25)18-17(20)14-4-2-3-5-15(14)26-18/h2-10H,11H2,1H3,(H,21,25)(H,23,24)/b22-10+. The van der Waals surface area contributed by atoms with Gasteiger partial charge < -0.3 is 5.32 Å². The van der Waals surface area contributed by atoms with Crippen LogP contribution in [0.5, 0.6) is 0 Å². The van der Waals surface area contributed by atoms with Gasteiger partial charge >= 0.3 is 0 Å². The summed E-state index contributed by atoms with van der Waals surface area (Å²) in [7, 11) is 0. The first kappa shape index (κ1) is 18.1. The summed E-state index contributed by atoms with van der Waals surface area (Å²) in [5.41, 5.74) is 4.40. The molecule has 3 aromatic rings. The van der Waals surface area contributed by atoms with Gasteiger partial charge in [0.25, 0.3) is 11.8 Å². The van der Waals surface area contributed by atoms with Crippen molar-refractivity contribution in [1.29, 1.82) is 0 Å². The quantitative estimate of drug-likeness (QED) is 0.518. The summed E-state index contributed by atoms with van der Waals surface area (Å²) in [6, 6.07) is 15.2. The van der Waals surface area contributed by atoms with Crippen molar-refractivity contribution < 1.29 is 9.59 Å². The van der Waals surface area contributed by atoms with Crippen LogP contribution >= 0.6 is 22.9 Å². The molecule has 3 rings (SSSR count). The van der Waals surface area contributed by atoms with Crippen LogP contribution in [0.15, 0.2) is 53.6 Å². The predicted molar refractivity (Wildman–Crippen MR) is 106 cm³/mol. The molecule has 0 fully saturated rings. The lowest BCUT2D eigenvalue weighted by atomic mass is 10.2. The highest BCUT2D eigenvalue weighted by atomic mass is 35.5. The molecule has 132 valence electrons. The minimum Gasteiger partial charge on any atom is -0.342 e. The molecule has 7 heteroatoms. The number of aryl methyl sites for hydroxylation is 1. The lowest BCUT2D eigenvalue weighted by Gasteiger charge is -2.03. The fourth-order valence-electron chi connectivity index (χ4n) is 2.27. The number of hydrogen-bond acceptors (Lipinski definition) is 4. The molecule has 26 heavy (non-hydrogen) atoms. The van der Waals surface area contributed by atoms with E-state index in [0.29, 0.717) is 9.90 Å². The average Bonchev–Trinajstić information content (AvgIpc) is 2.98. The molecule has 1 heterocycles. The number of halogens is 1. The zero-order chi connectivity index (χ0) is 18.5. The molecule has 0 aliphatic carbocycles. The fraction of sp³-hybridized carbons (Fsp3) is 0.105. The van der Waals surface area contributed by atoms with Gasteiger partial charge in [0, 0.05) is 10.1 Å². The number of amides is 2. The van der Waals surface area contributed by atoms with E-state index in [1.165, 1.54) is 11.3 Å². The van der Waals surface area contributed by atoms with Crippen LogP contribution in [0.1, 0.15) is 20.8 Å². The maximum atomic E-state index is 12.3. The summed E-state index contributed by atoms with van der Waals surface area (Å²) >= 11 is 7.55. The van der Waals surface area contributed by atoms with Crippen molar-refractivity contribution in [2.45, 2.75) is 6.92 Å². The van der Waals surface area contributed by atoms with Gasteiger partial charge in [0.15, 0.2) is 0 Å². The minimum absolute atomic E-state index is 0.186. The van der Waals surface area contributed by atoms with Gasteiger partial charge in [0.2, 0.25) is 0 Å². The van der Waals surface area contributed by atoms with Crippen LogP contribution < -0.4 is 10.7 Å². The summed E-state index contributed by atoms with van der Waals surface area (Å²) in [6.45, 7) is 1.81. The van der Waals surface area contributed by atoms with E-state index in [9.17, 15) is 9.59 Å². The summed E-state index contributed by atoms with van der Waals surface area (Å²) in [5.74, 6) is -0.798. The van der Waals surface area contributed by atoms with Crippen LogP contribution in [-0.4, -0.2) is 24.6 Å². The molecule has 2 amide bonds. The maximum Gasteiger partial charge on any atom is 0.263 e. The van der Waals surface area contributed by atoms with E-state index in [1.54, 1.807) is 6.21 Å². The van der Waals surface area contributed by atoms with Gasteiger partial charge in [-0.2, -0.15) is 5.10 Å². The summed E-state index contributed by atoms with van der Waals surface area (Å²) in [6.07, 6.45) is 1.54. The number of hydrazone groups is 1. The molecule has 0 bridgehead atoms. The van der Waals surface area contributed by atoms with Crippen LogP contribution in [0.25, 0.3) is 10.1 Å². The van der Waals surface area contributed by atoms with E-state index < -0.39 is 5.91 Å². The molecule has 0 atom stereocenters. The van der Waals surface area contributed by atoms with E-state index in [2.05, 4.69) is 15.8 Å². The molecule has 0 saturated carbocycles. The Hall–Kier alpha value is -2.70. The highest BCUT2D eigenvalue weighted by molar-refractivity contribution is 7.21. The Morgan fingerprint density at radius 2 is 1.88 bits per heavy atom. The lowest BCUT2D eigenvalue weighted by molar-refractivity contribution is -0.120. The summed E-state index contributed by atoms with van der Waals surface area (Å²) in [5, 5.41) is 7.67. The normalized spacial score (nSPS) is 11.0. The maximum absolute atomic E-state index is 12.3. The molecule has 0 radical (unpaired) electrons. The molecule has 2 aromatic carbocycles. The molecule has 0 saturated heterocycles. The molecular weight excluding hydrogens is 370 g/mol. The van der Waals surface area contributed by atoms with E-state index in [-0.39, 0.29) is 12.5 Å². The lowest BCUT2D eigenvalue weighted by Crippen LogP contribution is -2.34. The number of carbonyl (C=O) groups is 2. The number of nitrogens with one attached hydrogen (secondary N) is 2. The van der Waals surface area contributed by atoms with Crippen LogP contribution in [0.3, 0.4) is 0 Å². The third-order valence-corrected chi connectivity index (χ3v) is 5.31. The van der Waals surface area contributed by atoms with Gasteiger partial charge in [-0.05, 0) is 18.6 Å². The molecule has 5 nitrogen and oxygen atoms in total. The Morgan fingerprint density at radius 1 is 1.15 bits per heavy atom. The first-order valence-corrected chi connectivity index (χ1v) is 9.08. The Kier molecular flexibility index (Phi) is 5.65. The van der Waals surface area contributed by atoms with Crippen molar-refractivity contribution in [3.63, 3.8) is 0 Å². The molecule has 2 N–H and O–H groups in total. The first-order valence-electron chi connectivity index (χ1n) is 7.88. The minimum atomic E-state index is -0.418. The fourth-order valence-corrected chi connectivity index (χ4v) is 3.71. The second-order valence-corrected chi connectivity index (χ2v) is 7.06. The largest absolute Gasteiger partial charge is 0.342 e. The zero-order valence-corrected chi connectivity index (χ0v) is 15.5. The first-order chi connectivity index (χ1) is 12.5. The van der Waals surface area contributed by atoms with E-state index in [1.807, 2.05) is 55.5 Å². The number of nitrogens with zero attached hydrogens (tertiary/aromatic N) is 1. The van der Waals surface area contributed by atoms with Crippen LogP contribution in [-0.2, 0) is 4.79 Å². The van der Waals surface area contributed by atoms with E-state index >= 15 is 0 Å². The van der Waals surface area contributed by atoms with Crippen LogP contribution in [0.2, 0.25) is 5.02 Å². The third-order valence-electron chi connectivity index (χ3n) is 3.63. The molecular formula is C19H16ClN3O2S. The number of thiophene rings is 1. The van der Waals surface area contributed by atoms with Crippen LogP contribution in [0.4, 0.5) is 0 Å². The van der Waals surface area contributed by atoms with Crippen molar-refractivity contribution >= 4 is 51.1 Å². The number of carbonyl (C=O) groups excluding carboxylic acids is 2. The molecule has 0 aliphatic heterocycles. The average molecular weight is 386 g/mol. The van der Waals surface area contributed by atoms with Crippen molar-refractivity contribution in [2.75, 3.05) is 6.54 Å². The number of fused-ring (bicyclic) bond motifs is 1. The number of rotatable bonds is 5. The highest BCUT2D eigenvalue weighted by Crippen LogP contribution is 2.34. The monoisotopic (exact) mass is 385 g/mol. The Morgan fingerprint density at radius 3 is 2.62 bits per heavy atom. The third kappa shape index (κ3) is 4.28. The molecule has 0 spiro atoms. The van der Waals surface area contributed by atoms with Crippen molar-refractivity contribution in [2.24, 2.45) is 5.10 Å². The van der Waals surface area contributed by atoms with Gasteiger partial charge in [-0.25, -0.2) is 5.43 Å². The zero-order valence-electron chi connectivity index (χ0n) is 14.0. The van der Waals surface area contributed by atoms with Gasteiger partial charge in [-0.3, -0.25) is 9.59 Å². The molecule has 0 aliphatic rings. The van der Waals surface area contributed by atoms with Crippen molar-refractivity contribution in [3.05, 3.63) is 69.6 Å². The predicted octanol–water partition coefficient (Wildman–Crippen LogP) is 3.74. The molecule has 0 unspecified atom stereocenters. The Labute approximate surface area is 159 Å². The topological polar surface area (TPSA) is 70.6 Å². The smallest absolute Gasteiger partial charge is 0.263 e. The highest BCUT2D eigenvalue weighted by Gasteiger charge is 2.17. The van der Waals surface area contributed by atoms with E-state index in [0.717, 1.165) is 21.2 Å². The Balaban J connectivity index is 1.54. The second-order valence-electron chi connectivity index (χ2n) is 5.63. The van der Waals surface area contributed by atoms with Gasteiger partial charge in [-0.15, -0.1) is 11.3 Å². The number of hydrogen-bond donors (Lipinski definition) is 2. The second kappa shape index (κ2) is 8.12. The van der Waals surface area contributed by atoms with Gasteiger partial charge in [-0.1, -0.05) is 59.6 Å². The molecule has 1 aromatic heterocycles. The van der Waals surface area contributed by atoms with Crippen molar-refractivity contribution in [1.82, 2.24) is 10.7 Å². The summed E-state index contributed by atoms with van der Waals surface area (Å²) < 4.78 is 0.926. The van der Waals surface area contributed by atoms with Crippen molar-refractivity contribution in [3.8, 4) is 0 Å². The van der Waals surface area contributed by atoms with Gasteiger partial charge in [0.05, 0.1) is 17.8 Å². The Bertz CT molecular complexity index is 980. The summed E-state index contributed by atoms with van der Waals surface area (Å²) in [4.78, 5) is 24.5. The number of benzene rings is 2.